The van der Waals surface area contributed by atoms with Gasteiger partial charge in [-0.3, -0.25) is 44.9 Å². The molecule has 2 fully saturated rings. The van der Waals surface area contributed by atoms with Crippen molar-refractivity contribution in [1.82, 2.24) is 64.8 Å². The molecule has 4 aromatic carbocycles. The first-order valence-electron chi connectivity index (χ1n) is 40.4. The molecule has 0 saturated heterocycles. The van der Waals surface area contributed by atoms with Crippen molar-refractivity contribution in [3.63, 3.8) is 0 Å². The van der Waals surface area contributed by atoms with Gasteiger partial charge < -0.3 is 0 Å². The predicted molar refractivity (Wildman–Crippen MR) is 472 cm³/mol. The molecule has 0 bridgehead atoms. The van der Waals surface area contributed by atoms with E-state index >= 15 is 0 Å². The van der Waals surface area contributed by atoms with Crippen molar-refractivity contribution < 1.29 is 0 Å². The maximum absolute atomic E-state index is 4.69. The fourth-order valence-electron chi connectivity index (χ4n) is 11.4. The van der Waals surface area contributed by atoms with Gasteiger partial charge in [0.2, 0.25) is 0 Å². The highest BCUT2D eigenvalue weighted by Crippen LogP contribution is 2.48. The molecule has 0 aliphatic heterocycles. The van der Waals surface area contributed by atoms with Gasteiger partial charge in [-0.1, -0.05) is 242 Å². The van der Waals surface area contributed by atoms with Gasteiger partial charge in [0.25, 0.3) is 0 Å². The van der Waals surface area contributed by atoms with E-state index in [9.17, 15) is 0 Å². The van der Waals surface area contributed by atoms with E-state index in [1.807, 2.05) is 81.5 Å². The molecule has 0 unspecified atom stereocenters. The van der Waals surface area contributed by atoms with Crippen LogP contribution in [-0.4, -0.2) is 64.8 Å². The zero-order valence-electron chi connectivity index (χ0n) is 71.2. The highest BCUT2D eigenvalue weighted by atomic mass is 14.8. The number of hydrogen-bond acceptors (Lipinski definition) is 13. The second kappa shape index (κ2) is 41.3. The Morgan fingerprint density at radius 2 is 0.544 bits per heavy atom. The molecule has 9 aromatic heterocycles. The van der Waals surface area contributed by atoms with Crippen LogP contribution in [0.25, 0.3) is 67.5 Å². The molecule has 2 aliphatic carbocycles. The average Bonchev–Trinajstić information content (AvgIpc) is 1.64. The lowest BCUT2D eigenvalue weighted by atomic mass is 9.97. The first-order valence-corrected chi connectivity index (χ1v) is 40.4. The van der Waals surface area contributed by atoms with Gasteiger partial charge in [0.1, 0.15) is 5.69 Å². The lowest BCUT2D eigenvalue weighted by molar-refractivity contribution is 0.781. The van der Waals surface area contributed by atoms with Gasteiger partial charge in [0.15, 0.2) is 0 Å². The van der Waals surface area contributed by atoms with Crippen molar-refractivity contribution in [3.05, 3.63) is 317 Å². The molecule has 2 aliphatic rings. The van der Waals surface area contributed by atoms with E-state index in [-0.39, 0.29) is 5.41 Å². The SMILES string of the molecule is CC(C)c1cncc(-c2ccc(C3(C)CC3)cc2)n1.CC(C)c1cncc(C#CC2(C)CC2)n1.Cc1ccc(-c2cccc(C(C)C)n2)cc1.Cc1ccc(-c2cccc(C(C)C)n2)cc1.Cc1ccc(-c2cccc(C(C)C)n2)cc1.Cc1ccc(-c2cncc(C(C)C)n2)cn1.Cc1ccc(-c2cncc(C(C)C)n2)cn1. The summed E-state index contributed by atoms with van der Waals surface area (Å²) in [6.07, 6.45) is 23.2. The number of aromatic nitrogens is 13. The standard InChI is InChI=1S/C17H20N2.3C15H17N.2C13H15N3.C13H16N2/c1-12(2)15-10-18-11-16(19-15)13-4-6-14(7-5-13)17(3)8-9-17;3*1-11(2)14-5-4-6-15(16-14)13-9-7-12(3)8-10-13;2*1-9(2)12-7-14-8-13(16-12)11-5-4-10(3)15-6-11;1-10(2)12-9-14-8-11(15-12)4-5-13(3)6-7-13/h4-7,10-12H,8-9H2,1-3H3;3*4-11H,1-3H3;2*4-9H,1-3H3;8-10H,6-7H2,1-3H3. The van der Waals surface area contributed by atoms with Crippen LogP contribution in [0.1, 0.15) is 257 Å². The maximum atomic E-state index is 4.69. The van der Waals surface area contributed by atoms with Crippen molar-refractivity contribution in [3.8, 4) is 79.4 Å². The van der Waals surface area contributed by atoms with Crippen molar-refractivity contribution in [2.45, 2.75) is 218 Å². The monoisotopic (exact) mass is 1510 g/mol. The molecule has 586 valence electrons. The lowest BCUT2D eigenvalue weighted by Gasteiger charge is -2.10. The number of benzene rings is 4. The van der Waals surface area contributed by atoms with Gasteiger partial charge in [-0.05, 0) is 186 Å². The Morgan fingerprint density at radius 1 is 0.263 bits per heavy atom. The largest absolute Gasteiger partial charge is 0.261 e. The second-order valence-corrected chi connectivity index (χ2v) is 32.7. The maximum Gasteiger partial charge on any atom is 0.131 e. The van der Waals surface area contributed by atoms with Gasteiger partial charge in [-0.2, -0.15) is 0 Å². The van der Waals surface area contributed by atoms with Gasteiger partial charge in [0.05, 0.1) is 81.7 Å². The summed E-state index contributed by atoms with van der Waals surface area (Å²) in [5, 5.41) is 0. The van der Waals surface area contributed by atoms with Crippen molar-refractivity contribution in [2.24, 2.45) is 5.41 Å². The summed E-state index contributed by atoms with van der Waals surface area (Å²) in [5.41, 5.74) is 29.0. The minimum Gasteiger partial charge on any atom is -0.261 e. The molecule has 15 rings (SSSR count). The predicted octanol–water partition coefficient (Wildman–Crippen LogP) is 25.6. The molecule has 9 heterocycles. The topological polar surface area (TPSA) is 168 Å². The van der Waals surface area contributed by atoms with Gasteiger partial charge >= 0.3 is 0 Å². The number of aryl methyl sites for hydroxylation is 5. The van der Waals surface area contributed by atoms with E-state index in [0.717, 1.165) is 108 Å². The zero-order chi connectivity index (χ0) is 82.1. The average molecular weight is 1510 g/mol. The lowest BCUT2D eigenvalue weighted by Crippen LogP contribution is -1.99. The number of hydrogen-bond donors (Lipinski definition) is 0. The third-order valence-electron chi connectivity index (χ3n) is 19.9. The first kappa shape index (κ1) is 86.5. The van der Waals surface area contributed by atoms with Crippen LogP contribution in [0.3, 0.4) is 0 Å². The van der Waals surface area contributed by atoms with Crippen LogP contribution < -0.4 is 0 Å². The van der Waals surface area contributed by atoms with Crippen LogP contribution in [0.2, 0.25) is 0 Å². The molecule has 0 spiro atoms. The summed E-state index contributed by atoms with van der Waals surface area (Å²) in [4.78, 5) is 57.7. The van der Waals surface area contributed by atoms with E-state index in [4.69, 9.17) is 0 Å². The summed E-state index contributed by atoms with van der Waals surface area (Å²) in [6, 6.07) is 61.1. The van der Waals surface area contributed by atoms with Gasteiger partial charge in [-0.15, -0.1) is 0 Å². The minimum absolute atomic E-state index is 0.259. The van der Waals surface area contributed by atoms with Crippen molar-refractivity contribution in [2.75, 3.05) is 0 Å². The van der Waals surface area contributed by atoms with E-state index in [1.54, 1.807) is 18.6 Å². The summed E-state index contributed by atoms with van der Waals surface area (Å²) < 4.78 is 0. The fourth-order valence-corrected chi connectivity index (χ4v) is 11.4. The van der Waals surface area contributed by atoms with Crippen LogP contribution in [-0.2, 0) is 5.41 Å². The fraction of sp³-hybridized carbons (Fsp3) is 0.337. The second-order valence-electron chi connectivity index (χ2n) is 32.7. The Morgan fingerprint density at radius 3 is 0.842 bits per heavy atom. The van der Waals surface area contributed by atoms with E-state index < -0.39 is 0 Å². The smallest absolute Gasteiger partial charge is 0.131 e. The minimum atomic E-state index is 0.259. The molecule has 13 heteroatoms. The molecule has 2 saturated carbocycles. The number of nitrogens with zero attached hydrogens (tertiary/aromatic N) is 13. The molecule has 114 heavy (non-hydrogen) atoms. The van der Waals surface area contributed by atoms with E-state index in [1.165, 1.54) is 64.6 Å². The third-order valence-corrected chi connectivity index (χ3v) is 19.9. The van der Waals surface area contributed by atoms with E-state index in [2.05, 4.69) is 360 Å². The molecule has 0 atom stereocenters. The van der Waals surface area contributed by atoms with Crippen LogP contribution in [0, 0.1) is 51.9 Å². The first-order chi connectivity index (χ1) is 54.5. The number of pyridine rings is 5. The highest BCUT2D eigenvalue weighted by molar-refractivity contribution is 5.63. The zero-order valence-corrected chi connectivity index (χ0v) is 71.2. The Balaban J connectivity index is 0.000000153. The van der Waals surface area contributed by atoms with Gasteiger partial charge in [-0.25, -0.2) is 19.9 Å². The quantitative estimate of drug-likeness (QED) is 0.0944. The molecular weight excluding hydrogens is 1400 g/mol. The highest BCUT2D eigenvalue weighted by Gasteiger charge is 2.39. The Bertz CT molecular complexity index is 4660. The Kier molecular flexibility index (Phi) is 31.4. The molecule has 0 amide bonds. The summed E-state index contributed by atoms with van der Waals surface area (Å²) in [5.74, 6) is 9.43. The Labute approximate surface area is 680 Å². The third kappa shape index (κ3) is 26.9. The van der Waals surface area contributed by atoms with Gasteiger partial charge in [0, 0.05) is 104 Å². The molecular formula is C101H117N13. The summed E-state index contributed by atoms with van der Waals surface area (Å²) >= 11 is 0. The molecule has 0 N–H and O–H groups in total. The van der Waals surface area contributed by atoms with Crippen LogP contribution >= 0.6 is 0 Å². The van der Waals surface area contributed by atoms with Crippen molar-refractivity contribution >= 4 is 0 Å². The molecule has 13 aromatic rings. The van der Waals surface area contributed by atoms with Crippen LogP contribution in [0.4, 0.5) is 0 Å². The molecule has 0 radical (unpaired) electrons. The van der Waals surface area contributed by atoms with Crippen LogP contribution in [0.15, 0.2) is 238 Å². The summed E-state index contributed by atoms with van der Waals surface area (Å²) in [7, 11) is 0. The van der Waals surface area contributed by atoms with Crippen LogP contribution in [0.5, 0.6) is 0 Å². The number of rotatable bonds is 14. The molecule has 13 nitrogen and oxygen atoms in total. The van der Waals surface area contributed by atoms with Crippen molar-refractivity contribution in [1.29, 1.82) is 0 Å². The Hall–Kier alpha value is -11.5. The normalized spacial score (nSPS) is 12.6. The van der Waals surface area contributed by atoms with E-state index in [0.29, 0.717) is 46.8 Å². The summed E-state index contributed by atoms with van der Waals surface area (Å²) in [6.45, 7) is 44.7.